The molecule has 0 aliphatic rings. The lowest BCUT2D eigenvalue weighted by Gasteiger charge is -2.17. The number of methoxy groups -OCH3 is 1. The summed E-state index contributed by atoms with van der Waals surface area (Å²) >= 11 is 1.42. The number of anilines is 1. The van der Waals surface area contributed by atoms with E-state index in [1.165, 1.54) is 30.8 Å². The molecule has 0 aliphatic carbocycles. The van der Waals surface area contributed by atoms with Gasteiger partial charge in [0.05, 0.1) is 23.7 Å². The van der Waals surface area contributed by atoms with Gasteiger partial charge in [-0.2, -0.15) is 0 Å². The number of carbonyl (C=O) groups excluding carboxylic acids is 1. The van der Waals surface area contributed by atoms with Crippen molar-refractivity contribution in [3.8, 4) is 11.5 Å². The Morgan fingerprint density at radius 1 is 1.18 bits per heavy atom. The van der Waals surface area contributed by atoms with Crippen molar-refractivity contribution in [1.29, 1.82) is 0 Å². The average molecular weight is 425 g/mol. The quantitative estimate of drug-likeness (QED) is 0.601. The van der Waals surface area contributed by atoms with Crippen LogP contribution in [0.15, 0.2) is 52.3 Å². The van der Waals surface area contributed by atoms with Gasteiger partial charge in [-0.15, -0.1) is 11.8 Å². The molecule has 0 heterocycles. The number of carbonyl (C=O) groups is 1. The predicted molar refractivity (Wildman–Crippen MR) is 111 cm³/mol. The maximum atomic E-state index is 12.7. The Morgan fingerprint density at radius 2 is 1.86 bits per heavy atom. The average Bonchev–Trinajstić information content (AvgIpc) is 2.65. The minimum atomic E-state index is -3.78. The number of benzene rings is 2. The van der Waals surface area contributed by atoms with Gasteiger partial charge in [-0.05, 0) is 43.5 Å². The number of rotatable bonds is 9. The van der Waals surface area contributed by atoms with E-state index in [0.29, 0.717) is 17.2 Å². The van der Waals surface area contributed by atoms with Crippen molar-refractivity contribution in [3.05, 3.63) is 42.5 Å². The van der Waals surface area contributed by atoms with E-state index in [0.717, 1.165) is 4.90 Å². The first kappa shape index (κ1) is 22.1. The van der Waals surface area contributed by atoms with E-state index in [2.05, 4.69) is 10.0 Å². The lowest BCUT2D eigenvalue weighted by Crippen LogP contribution is -2.36. The second-order valence-electron chi connectivity index (χ2n) is 6.03. The highest BCUT2D eigenvalue weighted by Crippen LogP contribution is 2.28. The number of amides is 1. The summed E-state index contributed by atoms with van der Waals surface area (Å²) < 4.78 is 38.9. The van der Waals surface area contributed by atoms with E-state index in [4.69, 9.17) is 9.47 Å². The molecule has 152 valence electrons. The van der Waals surface area contributed by atoms with E-state index in [1.54, 1.807) is 32.2 Å². The summed E-state index contributed by atoms with van der Waals surface area (Å²) in [5, 5.41) is 2.66. The van der Waals surface area contributed by atoms with Crippen LogP contribution in [0, 0.1) is 0 Å². The SMILES string of the molecule is COc1ccccc1OC[C@@H](C)NS(=O)(=O)c1ccc(SC)c(NC(C)=O)c1. The van der Waals surface area contributed by atoms with Crippen LogP contribution < -0.4 is 19.5 Å². The van der Waals surface area contributed by atoms with Crippen LogP contribution in [0.4, 0.5) is 5.69 Å². The van der Waals surface area contributed by atoms with Crippen LogP contribution >= 0.6 is 11.8 Å². The fourth-order valence-corrected chi connectivity index (χ4v) is 4.25. The third-order valence-corrected chi connectivity index (χ3v) is 6.09. The zero-order chi connectivity index (χ0) is 20.7. The van der Waals surface area contributed by atoms with E-state index < -0.39 is 16.1 Å². The summed E-state index contributed by atoms with van der Waals surface area (Å²) in [6.45, 7) is 3.21. The van der Waals surface area contributed by atoms with Crippen molar-refractivity contribution in [1.82, 2.24) is 4.72 Å². The zero-order valence-electron chi connectivity index (χ0n) is 16.2. The first-order valence-corrected chi connectivity index (χ1v) is 11.2. The van der Waals surface area contributed by atoms with E-state index in [9.17, 15) is 13.2 Å². The second-order valence-corrected chi connectivity index (χ2v) is 8.59. The molecule has 9 heteroatoms. The molecule has 0 saturated heterocycles. The van der Waals surface area contributed by atoms with E-state index >= 15 is 0 Å². The molecule has 2 aromatic rings. The molecule has 2 rings (SSSR count). The number of hydrogen-bond acceptors (Lipinski definition) is 6. The molecule has 0 spiro atoms. The van der Waals surface area contributed by atoms with Crippen LogP contribution in [0.3, 0.4) is 0 Å². The molecule has 0 saturated carbocycles. The maximum absolute atomic E-state index is 12.7. The van der Waals surface area contributed by atoms with Gasteiger partial charge in [0.15, 0.2) is 11.5 Å². The second kappa shape index (κ2) is 9.81. The molecular weight excluding hydrogens is 400 g/mol. The molecule has 0 bridgehead atoms. The molecule has 2 aromatic carbocycles. The first-order valence-electron chi connectivity index (χ1n) is 8.50. The van der Waals surface area contributed by atoms with Crippen molar-refractivity contribution in [2.24, 2.45) is 0 Å². The van der Waals surface area contributed by atoms with Gasteiger partial charge in [-0.3, -0.25) is 4.79 Å². The normalized spacial score (nSPS) is 12.3. The first-order chi connectivity index (χ1) is 13.3. The Bertz CT molecular complexity index is 932. The number of sulfonamides is 1. The van der Waals surface area contributed by atoms with Crippen LogP contribution in [-0.2, 0) is 14.8 Å². The van der Waals surface area contributed by atoms with Gasteiger partial charge in [0.2, 0.25) is 15.9 Å². The number of ether oxygens (including phenoxy) is 2. The summed E-state index contributed by atoms with van der Waals surface area (Å²) in [5.74, 6) is 0.842. The van der Waals surface area contributed by atoms with Gasteiger partial charge in [0.1, 0.15) is 6.61 Å². The number of nitrogens with one attached hydrogen (secondary N) is 2. The van der Waals surface area contributed by atoms with Crippen molar-refractivity contribution < 1.29 is 22.7 Å². The molecule has 2 N–H and O–H groups in total. The number of hydrogen-bond donors (Lipinski definition) is 2. The molecule has 0 unspecified atom stereocenters. The van der Waals surface area contributed by atoms with Gasteiger partial charge in [-0.1, -0.05) is 12.1 Å². The molecule has 0 fully saturated rings. The summed E-state index contributed by atoms with van der Waals surface area (Å²) in [6.07, 6.45) is 1.85. The van der Waals surface area contributed by atoms with E-state index in [1.807, 2.05) is 18.4 Å². The smallest absolute Gasteiger partial charge is 0.241 e. The fourth-order valence-electron chi connectivity index (χ4n) is 2.46. The van der Waals surface area contributed by atoms with Crippen LogP contribution in [0.5, 0.6) is 11.5 Å². The molecule has 1 atom stereocenters. The topological polar surface area (TPSA) is 93.7 Å². The summed E-state index contributed by atoms with van der Waals surface area (Å²) in [5.41, 5.74) is 0.459. The van der Waals surface area contributed by atoms with Crippen molar-refractivity contribution in [3.63, 3.8) is 0 Å². The monoisotopic (exact) mass is 424 g/mol. The Labute approximate surface area is 169 Å². The molecule has 1 amide bonds. The Hall–Kier alpha value is -2.23. The molecule has 0 radical (unpaired) electrons. The van der Waals surface area contributed by atoms with Crippen LogP contribution in [0.2, 0.25) is 0 Å². The molecule has 0 aromatic heterocycles. The van der Waals surface area contributed by atoms with Gasteiger partial charge < -0.3 is 14.8 Å². The highest BCUT2D eigenvalue weighted by atomic mass is 32.2. The Balaban J connectivity index is 2.11. The van der Waals surface area contributed by atoms with Crippen molar-refractivity contribution in [2.75, 3.05) is 25.3 Å². The van der Waals surface area contributed by atoms with Gasteiger partial charge >= 0.3 is 0 Å². The minimum absolute atomic E-state index is 0.0678. The van der Waals surface area contributed by atoms with Gasteiger partial charge in [0.25, 0.3) is 0 Å². The lowest BCUT2D eigenvalue weighted by atomic mass is 10.3. The summed E-state index contributed by atoms with van der Waals surface area (Å²) in [7, 11) is -2.24. The largest absolute Gasteiger partial charge is 0.493 e. The molecular formula is C19H24N2O5S2. The van der Waals surface area contributed by atoms with E-state index in [-0.39, 0.29) is 17.4 Å². The van der Waals surface area contributed by atoms with Crippen LogP contribution in [0.25, 0.3) is 0 Å². The maximum Gasteiger partial charge on any atom is 0.241 e. The fraction of sp³-hybridized carbons (Fsp3) is 0.316. The predicted octanol–water partition coefficient (Wildman–Crippen LogP) is 3.12. The van der Waals surface area contributed by atoms with Crippen LogP contribution in [0.1, 0.15) is 13.8 Å². The van der Waals surface area contributed by atoms with Crippen molar-refractivity contribution in [2.45, 2.75) is 29.7 Å². The van der Waals surface area contributed by atoms with Crippen LogP contribution in [-0.4, -0.2) is 40.3 Å². The number of para-hydroxylation sites is 2. The number of thioether (sulfide) groups is 1. The standard InChI is InChI=1S/C19H24N2O5S2/c1-13(12-26-18-8-6-5-7-17(18)25-3)21-28(23,24)15-9-10-19(27-4)16(11-15)20-14(2)22/h5-11,13,21H,12H2,1-4H3,(H,20,22)/t13-/m1/s1. The minimum Gasteiger partial charge on any atom is -0.493 e. The molecule has 7 nitrogen and oxygen atoms in total. The zero-order valence-corrected chi connectivity index (χ0v) is 17.8. The Kier molecular flexibility index (Phi) is 7.73. The highest BCUT2D eigenvalue weighted by Gasteiger charge is 2.20. The third-order valence-electron chi connectivity index (χ3n) is 3.71. The molecule has 0 aliphatic heterocycles. The lowest BCUT2D eigenvalue weighted by molar-refractivity contribution is -0.114. The van der Waals surface area contributed by atoms with Gasteiger partial charge in [-0.25, -0.2) is 13.1 Å². The molecule has 28 heavy (non-hydrogen) atoms. The van der Waals surface area contributed by atoms with Gasteiger partial charge in [0, 0.05) is 11.8 Å². The highest BCUT2D eigenvalue weighted by molar-refractivity contribution is 7.98. The third kappa shape index (κ3) is 5.88. The Morgan fingerprint density at radius 3 is 2.46 bits per heavy atom. The summed E-state index contributed by atoms with van der Waals surface area (Å²) in [6, 6.07) is 11.3. The van der Waals surface area contributed by atoms with Crippen molar-refractivity contribution >= 4 is 33.4 Å². The summed E-state index contributed by atoms with van der Waals surface area (Å²) in [4.78, 5) is 12.2.